The summed E-state index contributed by atoms with van der Waals surface area (Å²) in [5.74, 6) is -2.12. The van der Waals surface area contributed by atoms with E-state index < -0.39 is 27.8 Å². The Bertz CT molecular complexity index is 724. The second-order valence-corrected chi connectivity index (χ2v) is 6.70. The summed E-state index contributed by atoms with van der Waals surface area (Å²) in [6, 6.07) is 4.85. The Morgan fingerprint density at radius 3 is 2.21 bits per heavy atom. The van der Waals surface area contributed by atoms with Gasteiger partial charge >= 0.3 is 5.97 Å². The molecule has 9 heteroatoms. The van der Waals surface area contributed by atoms with E-state index in [-0.39, 0.29) is 40.8 Å². The molecular formula is C15H17NO7S. The van der Waals surface area contributed by atoms with Crippen molar-refractivity contribution in [3.05, 3.63) is 29.8 Å². The molecule has 1 aliphatic rings. The lowest BCUT2D eigenvalue weighted by molar-refractivity contribution is -0.132. The smallest absolute Gasteiger partial charge is 0.338 e. The number of benzene rings is 1. The van der Waals surface area contributed by atoms with Crippen molar-refractivity contribution >= 4 is 27.8 Å². The fraction of sp³-hybridized carbons (Fsp3) is 0.400. The number of hydrogen-bond acceptors (Lipinski definition) is 7. The maximum Gasteiger partial charge on any atom is 0.338 e. The summed E-state index contributed by atoms with van der Waals surface area (Å²) >= 11 is 0. The molecule has 1 heterocycles. The van der Waals surface area contributed by atoms with Crippen molar-refractivity contribution in [1.82, 2.24) is 4.31 Å². The largest absolute Gasteiger partial charge is 0.460 e. The van der Waals surface area contributed by atoms with E-state index in [2.05, 4.69) is 0 Å². The van der Waals surface area contributed by atoms with Gasteiger partial charge in [-0.2, -0.15) is 4.31 Å². The van der Waals surface area contributed by atoms with Gasteiger partial charge in [-0.1, -0.05) is 0 Å². The third-order valence-electron chi connectivity index (χ3n) is 3.30. The maximum absolute atomic E-state index is 12.3. The topological polar surface area (TPSA) is 107 Å². The first-order chi connectivity index (χ1) is 11.4. The zero-order chi connectivity index (χ0) is 17.7. The van der Waals surface area contributed by atoms with E-state index >= 15 is 0 Å². The van der Waals surface area contributed by atoms with Crippen LogP contribution in [-0.4, -0.2) is 50.3 Å². The van der Waals surface area contributed by atoms with Crippen LogP contribution in [0.15, 0.2) is 29.2 Å². The van der Waals surface area contributed by atoms with E-state index in [0.29, 0.717) is 6.61 Å². The highest BCUT2D eigenvalue weighted by Crippen LogP contribution is 2.23. The van der Waals surface area contributed by atoms with E-state index in [1.165, 1.54) is 12.1 Å². The lowest BCUT2D eigenvalue weighted by Gasteiger charge is -2.14. The molecule has 2 rings (SSSR count). The van der Waals surface area contributed by atoms with Gasteiger partial charge in [-0.05, 0) is 31.2 Å². The summed E-state index contributed by atoms with van der Waals surface area (Å²) in [5.41, 5.74) is 0.157. The second-order valence-electron chi connectivity index (χ2n) is 4.91. The SMILES string of the molecule is CCOCCOC(=O)c1ccc(S(=O)(=O)N2C(=O)CCC2=O)cc1. The van der Waals surface area contributed by atoms with Crippen molar-refractivity contribution in [2.24, 2.45) is 0 Å². The molecule has 0 radical (unpaired) electrons. The van der Waals surface area contributed by atoms with Crippen LogP contribution in [-0.2, 0) is 29.1 Å². The number of carbonyl (C=O) groups is 3. The average molecular weight is 355 g/mol. The highest BCUT2D eigenvalue weighted by Gasteiger charge is 2.39. The van der Waals surface area contributed by atoms with Crippen molar-refractivity contribution in [2.45, 2.75) is 24.7 Å². The third-order valence-corrected chi connectivity index (χ3v) is 5.05. The molecule has 1 saturated heterocycles. The Labute approximate surface area is 139 Å². The monoisotopic (exact) mass is 355 g/mol. The first kappa shape index (κ1) is 18.1. The van der Waals surface area contributed by atoms with Gasteiger partial charge in [-0.3, -0.25) is 9.59 Å². The van der Waals surface area contributed by atoms with Gasteiger partial charge in [0.25, 0.3) is 10.0 Å². The van der Waals surface area contributed by atoms with Crippen LogP contribution in [0, 0.1) is 0 Å². The molecule has 24 heavy (non-hydrogen) atoms. The number of amides is 2. The summed E-state index contributed by atoms with van der Waals surface area (Å²) in [6.07, 6.45) is -0.245. The van der Waals surface area contributed by atoms with Gasteiger partial charge in [0.1, 0.15) is 6.61 Å². The molecule has 1 fully saturated rings. The maximum atomic E-state index is 12.3. The minimum atomic E-state index is -4.24. The molecule has 2 amide bonds. The highest BCUT2D eigenvalue weighted by atomic mass is 32.2. The Morgan fingerprint density at radius 1 is 1.08 bits per heavy atom. The minimum Gasteiger partial charge on any atom is -0.460 e. The van der Waals surface area contributed by atoms with Crippen LogP contribution in [0.2, 0.25) is 0 Å². The summed E-state index contributed by atoms with van der Waals surface area (Å²) in [5, 5.41) is 0. The van der Waals surface area contributed by atoms with E-state index in [4.69, 9.17) is 9.47 Å². The van der Waals surface area contributed by atoms with Crippen molar-refractivity contribution in [1.29, 1.82) is 0 Å². The van der Waals surface area contributed by atoms with Gasteiger partial charge < -0.3 is 9.47 Å². The Kier molecular flexibility index (Phi) is 5.68. The standard InChI is InChI=1S/C15H17NO7S/c1-2-22-9-10-23-15(19)11-3-5-12(6-4-11)24(20,21)16-13(17)7-8-14(16)18/h3-6H,2,7-10H2,1H3. The molecule has 0 aliphatic carbocycles. The van der Waals surface area contributed by atoms with Crippen LogP contribution in [0.3, 0.4) is 0 Å². The van der Waals surface area contributed by atoms with Crippen molar-refractivity contribution < 1.29 is 32.3 Å². The van der Waals surface area contributed by atoms with E-state index in [9.17, 15) is 22.8 Å². The molecule has 0 atom stereocenters. The first-order valence-corrected chi connectivity index (χ1v) is 8.78. The molecule has 1 aromatic carbocycles. The van der Waals surface area contributed by atoms with Gasteiger partial charge in [0, 0.05) is 19.4 Å². The molecule has 1 aromatic rings. The number of ether oxygens (including phenoxy) is 2. The van der Waals surface area contributed by atoms with E-state index in [0.717, 1.165) is 12.1 Å². The molecule has 8 nitrogen and oxygen atoms in total. The molecule has 0 unspecified atom stereocenters. The predicted octanol–water partition coefficient (Wildman–Crippen LogP) is 0.718. The van der Waals surface area contributed by atoms with Crippen LogP contribution < -0.4 is 0 Å². The Hall–Kier alpha value is -2.26. The zero-order valence-electron chi connectivity index (χ0n) is 13.1. The lowest BCUT2D eigenvalue weighted by Crippen LogP contribution is -2.35. The number of hydrogen-bond donors (Lipinski definition) is 0. The predicted molar refractivity (Wildman–Crippen MR) is 81.5 cm³/mol. The van der Waals surface area contributed by atoms with E-state index in [1.54, 1.807) is 0 Å². The van der Waals surface area contributed by atoms with Gasteiger partial charge in [0.05, 0.1) is 17.1 Å². The van der Waals surface area contributed by atoms with Crippen molar-refractivity contribution in [2.75, 3.05) is 19.8 Å². The van der Waals surface area contributed by atoms with Gasteiger partial charge in [0.2, 0.25) is 11.8 Å². The summed E-state index contributed by atoms with van der Waals surface area (Å²) in [6.45, 7) is 2.69. The second kappa shape index (κ2) is 7.54. The van der Waals surface area contributed by atoms with Crippen LogP contribution in [0.25, 0.3) is 0 Å². The number of esters is 1. The molecular weight excluding hydrogens is 338 g/mol. The van der Waals surface area contributed by atoms with E-state index in [1.807, 2.05) is 6.92 Å². The minimum absolute atomic E-state index is 0.0868. The van der Waals surface area contributed by atoms with Crippen LogP contribution in [0.5, 0.6) is 0 Å². The molecule has 0 bridgehead atoms. The summed E-state index contributed by atoms with van der Waals surface area (Å²) in [4.78, 5) is 34.7. The van der Waals surface area contributed by atoms with Crippen molar-refractivity contribution in [3.8, 4) is 0 Å². The highest BCUT2D eigenvalue weighted by molar-refractivity contribution is 7.90. The number of carbonyl (C=O) groups excluding carboxylic acids is 3. The molecule has 0 saturated carbocycles. The molecule has 1 aliphatic heterocycles. The number of sulfonamides is 1. The normalized spacial score (nSPS) is 15.0. The van der Waals surface area contributed by atoms with Crippen molar-refractivity contribution in [3.63, 3.8) is 0 Å². The molecule has 0 aromatic heterocycles. The zero-order valence-corrected chi connectivity index (χ0v) is 13.9. The van der Waals surface area contributed by atoms with Gasteiger partial charge in [-0.15, -0.1) is 0 Å². The Balaban J connectivity index is 2.10. The van der Waals surface area contributed by atoms with Gasteiger partial charge in [-0.25, -0.2) is 13.2 Å². The first-order valence-electron chi connectivity index (χ1n) is 7.34. The lowest BCUT2D eigenvalue weighted by atomic mass is 10.2. The molecule has 0 spiro atoms. The van der Waals surface area contributed by atoms with Crippen LogP contribution in [0.4, 0.5) is 0 Å². The number of imide groups is 1. The average Bonchev–Trinajstić information content (AvgIpc) is 2.91. The summed E-state index contributed by atoms with van der Waals surface area (Å²) in [7, 11) is -4.24. The molecule has 130 valence electrons. The summed E-state index contributed by atoms with van der Waals surface area (Å²) < 4.78 is 34.9. The molecule has 0 N–H and O–H groups in total. The Morgan fingerprint density at radius 2 is 1.67 bits per heavy atom. The third kappa shape index (κ3) is 3.80. The number of rotatable bonds is 7. The fourth-order valence-electron chi connectivity index (χ4n) is 2.11. The van der Waals surface area contributed by atoms with Crippen LogP contribution >= 0.6 is 0 Å². The quantitative estimate of drug-likeness (QED) is 0.403. The van der Waals surface area contributed by atoms with Gasteiger partial charge in [0.15, 0.2) is 0 Å². The van der Waals surface area contributed by atoms with Crippen LogP contribution in [0.1, 0.15) is 30.1 Å². The fourth-order valence-corrected chi connectivity index (χ4v) is 3.52. The number of nitrogens with zero attached hydrogens (tertiary/aromatic N) is 1.